The van der Waals surface area contributed by atoms with Crippen LogP contribution in [0.25, 0.3) is 0 Å². The highest BCUT2D eigenvalue weighted by atomic mass is 19.4. The molecule has 0 heterocycles. The quantitative estimate of drug-likeness (QED) is 0.554. The second kappa shape index (κ2) is 7.73. The van der Waals surface area contributed by atoms with E-state index >= 15 is 0 Å². The van der Waals surface area contributed by atoms with Crippen molar-refractivity contribution in [3.63, 3.8) is 0 Å². The van der Waals surface area contributed by atoms with Crippen LogP contribution in [-0.2, 0) is 6.18 Å². The Bertz CT molecular complexity index is 1080. The highest BCUT2D eigenvalue weighted by Gasteiger charge is 2.32. The first-order valence-corrected chi connectivity index (χ1v) is 7.97. The summed E-state index contributed by atoms with van der Waals surface area (Å²) in [6, 6.07) is 19.2. The molecule has 3 aromatic carbocycles. The molecule has 0 unspecified atom stereocenters. The van der Waals surface area contributed by atoms with Gasteiger partial charge in [-0.15, -0.1) is 0 Å². The van der Waals surface area contributed by atoms with E-state index in [0.717, 1.165) is 18.2 Å². The number of alkyl halides is 3. The number of nitrogens with zero attached hydrogens (tertiary/aromatic N) is 2. The average molecular weight is 380 g/mol. The van der Waals surface area contributed by atoms with E-state index in [2.05, 4.69) is 0 Å². The largest absolute Gasteiger partial charge is 0.453 e. The smallest absolute Gasteiger partial charge is 0.416 e. The summed E-state index contributed by atoms with van der Waals surface area (Å²) in [5.74, 6) is 0.160. The van der Waals surface area contributed by atoms with Gasteiger partial charge in [-0.05, 0) is 42.5 Å². The Hall–Kier alpha value is -3.97. The van der Waals surface area contributed by atoms with Crippen LogP contribution in [0.3, 0.4) is 0 Å². The van der Waals surface area contributed by atoms with Crippen LogP contribution in [0, 0.1) is 22.7 Å². The van der Waals surface area contributed by atoms with Gasteiger partial charge in [0.2, 0.25) is 0 Å². The van der Waals surface area contributed by atoms with Crippen molar-refractivity contribution >= 4 is 0 Å². The lowest BCUT2D eigenvalue weighted by Gasteiger charge is -2.16. The second-order valence-electron chi connectivity index (χ2n) is 5.58. The van der Waals surface area contributed by atoms with E-state index in [1.54, 1.807) is 30.3 Å². The summed E-state index contributed by atoms with van der Waals surface area (Å²) in [6.45, 7) is 0. The minimum Gasteiger partial charge on any atom is -0.453 e. The number of halogens is 3. The Balaban J connectivity index is 2.07. The first-order valence-electron chi connectivity index (χ1n) is 7.97. The number of hydrogen-bond acceptors (Lipinski definition) is 4. The van der Waals surface area contributed by atoms with Gasteiger partial charge in [0.1, 0.15) is 29.2 Å². The van der Waals surface area contributed by atoms with E-state index < -0.39 is 11.7 Å². The Kier molecular flexibility index (Phi) is 5.19. The maximum absolute atomic E-state index is 13.1. The summed E-state index contributed by atoms with van der Waals surface area (Å²) < 4.78 is 50.6. The summed E-state index contributed by atoms with van der Waals surface area (Å²) in [5.41, 5.74) is -0.955. The van der Waals surface area contributed by atoms with Crippen LogP contribution in [-0.4, -0.2) is 0 Å². The first kappa shape index (κ1) is 18.8. The fourth-order valence-corrected chi connectivity index (χ4v) is 2.41. The van der Waals surface area contributed by atoms with Crippen molar-refractivity contribution in [2.75, 3.05) is 0 Å². The van der Waals surface area contributed by atoms with Crippen molar-refractivity contribution in [2.45, 2.75) is 6.18 Å². The van der Waals surface area contributed by atoms with Crippen LogP contribution < -0.4 is 9.47 Å². The van der Waals surface area contributed by atoms with E-state index in [1.165, 1.54) is 18.2 Å². The normalized spacial score (nSPS) is 10.6. The van der Waals surface area contributed by atoms with Gasteiger partial charge in [0, 0.05) is 0 Å². The summed E-state index contributed by atoms with van der Waals surface area (Å²) in [4.78, 5) is 0. The molecule has 3 aromatic rings. The molecule has 4 nitrogen and oxygen atoms in total. The fraction of sp³-hybridized carbons (Fsp3) is 0.0476. The Labute approximate surface area is 158 Å². The number of ether oxygens (including phenoxy) is 2. The van der Waals surface area contributed by atoms with Gasteiger partial charge in [0.25, 0.3) is 0 Å². The SMILES string of the molecule is N#Cc1cccc(Oc2cc(C(F)(F)F)ccc2Oc2ccccc2)c1C#N. The molecular weight excluding hydrogens is 369 g/mol. The maximum atomic E-state index is 13.1. The molecule has 0 fully saturated rings. The lowest BCUT2D eigenvalue weighted by atomic mass is 10.1. The van der Waals surface area contributed by atoms with Gasteiger partial charge < -0.3 is 9.47 Å². The van der Waals surface area contributed by atoms with Crippen LogP contribution in [0.15, 0.2) is 66.7 Å². The molecule has 0 bridgehead atoms. The highest BCUT2D eigenvalue weighted by Crippen LogP contribution is 2.40. The molecule has 28 heavy (non-hydrogen) atoms. The number of benzene rings is 3. The molecule has 0 spiro atoms. The van der Waals surface area contributed by atoms with Crippen molar-refractivity contribution in [1.82, 2.24) is 0 Å². The predicted octanol–water partition coefficient (Wildman–Crippen LogP) is 6.03. The van der Waals surface area contributed by atoms with Crippen LogP contribution >= 0.6 is 0 Å². The summed E-state index contributed by atoms with van der Waals surface area (Å²) >= 11 is 0. The highest BCUT2D eigenvalue weighted by molar-refractivity contribution is 5.56. The molecule has 0 N–H and O–H groups in total. The van der Waals surface area contributed by atoms with E-state index in [9.17, 15) is 18.4 Å². The first-order chi connectivity index (χ1) is 13.4. The maximum Gasteiger partial charge on any atom is 0.416 e. The van der Waals surface area contributed by atoms with Gasteiger partial charge >= 0.3 is 6.18 Å². The molecule has 3 rings (SSSR count). The van der Waals surface area contributed by atoms with Gasteiger partial charge in [-0.2, -0.15) is 23.7 Å². The molecule has 0 aliphatic heterocycles. The Morgan fingerprint density at radius 3 is 2.11 bits per heavy atom. The van der Waals surface area contributed by atoms with Gasteiger partial charge in [-0.3, -0.25) is 0 Å². The minimum absolute atomic E-state index is 0.0328. The Morgan fingerprint density at radius 1 is 0.714 bits per heavy atom. The third-order valence-corrected chi connectivity index (χ3v) is 3.72. The molecule has 138 valence electrons. The molecule has 0 saturated carbocycles. The van der Waals surface area contributed by atoms with Gasteiger partial charge in [-0.25, -0.2) is 0 Å². The number of para-hydroxylation sites is 1. The predicted molar refractivity (Wildman–Crippen MR) is 93.9 cm³/mol. The molecule has 0 aliphatic rings. The molecule has 0 aliphatic carbocycles. The lowest BCUT2D eigenvalue weighted by Crippen LogP contribution is -2.05. The molecular formula is C21H11F3N2O2. The lowest BCUT2D eigenvalue weighted by molar-refractivity contribution is -0.137. The van der Waals surface area contributed by atoms with Crippen molar-refractivity contribution in [3.05, 3.63) is 83.4 Å². The third kappa shape index (κ3) is 4.05. The Morgan fingerprint density at radius 2 is 1.46 bits per heavy atom. The van der Waals surface area contributed by atoms with Gasteiger partial charge in [-0.1, -0.05) is 24.3 Å². The monoisotopic (exact) mass is 380 g/mol. The number of rotatable bonds is 4. The van der Waals surface area contributed by atoms with Crippen LogP contribution in [0.5, 0.6) is 23.0 Å². The van der Waals surface area contributed by atoms with Crippen LogP contribution in [0.4, 0.5) is 13.2 Å². The van der Waals surface area contributed by atoms with E-state index in [0.29, 0.717) is 5.75 Å². The zero-order chi connectivity index (χ0) is 20.1. The molecule has 0 amide bonds. The van der Waals surface area contributed by atoms with Crippen LogP contribution in [0.2, 0.25) is 0 Å². The van der Waals surface area contributed by atoms with Crippen molar-refractivity contribution < 1.29 is 22.6 Å². The molecule has 7 heteroatoms. The second-order valence-corrected chi connectivity index (χ2v) is 5.58. The molecule has 0 aromatic heterocycles. The van der Waals surface area contributed by atoms with E-state index in [-0.39, 0.29) is 28.4 Å². The van der Waals surface area contributed by atoms with Crippen LogP contribution in [0.1, 0.15) is 16.7 Å². The summed E-state index contributed by atoms with van der Waals surface area (Å²) in [7, 11) is 0. The van der Waals surface area contributed by atoms with Crippen molar-refractivity contribution in [1.29, 1.82) is 10.5 Å². The van der Waals surface area contributed by atoms with Gasteiger partial charge in [0.15, 0.2) is 11.5 Å². The standard InChI is InChI=1S/C21H11F3N2O2/c22-21(23,24)15-9-10-19(27-16-6-2-1-3-7-16)20(11-15)28-18-8-4-5-14(12-25)17(18)13-26/h1-11H. The average Bonchev–Trinajstić information content (AvgIpc) is 2.69. The van der Waals surface area contributed by atoms with Crippen molar-refractivity contribution in [3.8, 4) is 35.1 Å². The zero-order valence-electron chi connectivity index (χ0n) is 14.2. The summed E-state index contributed by atoms with van der Waals surface area (Å²) in [5, 5.41) is 18.4. The van der Waals surface area contributed by atoms with Crippen molar-refractivity contribution in [2.24, 2.45) is 0 Å². The molecule has 0 saturated heterocycles. The zero-order valence-corrected chi connectivity index (χ0v) is 14.2. The number of hydrogen-bond donors (Lipinski definition) is 0. The molecule has 0 radical (unpaired) electrons. The number of nitriles is 2. The summed E-state index contributed by atoms with van der Waals surface area (Å²) in [6.07, 6.45) is -4.59. The van der Waals surface area contributed by atoms with E-state index in [4.69, 9.17) is 14.7 Å². The third-order valence-electron chi connectivity index (χ3n) is 3.72. The van der Waals surface area contributed by atoms with Gasteiger partial charge in [0.05, 0.1) is 11.1 Å². The topological polar surface area (TPSA) is 66.0 Å². The van der Waals surface area contributed by atoms with E-state index in [1.807, 2.05) is 12.1 Å². The minimum atomic E-state index is -4.59. The fourth-order valence-electron chi connectivity index (χ4n) is 2.41. The molecule has 0 atom stereocenters.